The topological polar surface area (TPSA) is 89.8 Å². The van der Waals surface area contributed by atoms with Crippen molar-refractivity contribution in [3.05, 3.63) is 65.4 Å². The second-order valence-electron chi connectivity index (χ2n) is 6.30. The van der Waals surface area contributed by atoms with Gasteiger partial charge in [0.15, 0.2) is 5.76 Å². The van der Waals surface area contributed by atoms with Gasteiger partial charge in [-0.05, 0) is 37.6 Å². The molecule has 2 amide bonds. The summed E-state index contributed by atoms with van der Waals surface area (Å²) in [5.41, 5.74) is 6.93. The third kappa shape index (κ3) is 4.32. The fourth-order valence-electron chi connectivity index (χ4n) is 2.73. The number of carbonyl (C=O) groups excluding carboxylic acids is 2. The van der Waals surface area contributed by atoms with Crippen LogP contribution in [0.3, 0.4) is 0 Å². The number of hydrazine groups is 1. The standard InChI is InChI=1S/C21H22N2O5/c1-13-17-9-4-5-10-18(17)28-19(13)21(25)23-22-20(24)14(2)27-12-15-7-6-8-16(11-15)26-3/h4-11,14H,12H2,1-3H3,(H,22,24)(H,23,25). The number of furan rings is 1. The number of nitrogens with one attached hydrogen (secondary N) is 2. The summed E-state index contributed by atoms with van der Waals surface area (Å²) in [6.07, 6.45) is -0.761. The molecule has 28 heavy (non-hydrogen) atoms. The SMILES string of the molecule is COc1cccc(COC(C)C(=O)NNC(=O)c2oc3ccccc3c2C)c1. The molecule has 3 aromatic rings. The Morgan fingerprint density at radius 3 is 2.64 bits per heavy atom. The molecule has 0 bridgehead atoms. The van der Waals surface area contributed by atoms with E-state index in [9.17, 15) is 9.59 Å². The van der Waals surface area contributed by atoms with E-state index in [2.05, 4.69) is 10.9 Å². The van der Waals surface area contributed by atoms with E-state index in [-0.39, 0.29) is 12.4 Å². The highest BCUT2D eigenvalue weighted by molar-refractivity contribution is 5.99. The first kappa shape index (κ1) is 19.4. The quantitative estimate of drug-likeness (QED) is 0.640. The van der Waals surface area contributed by atoms with E-state index in [0.29, 0.717) is 16.9 Å². The zero-order valence-corrected chi connectivity index (χ0v) is 15.9. The predicted molar refractivity (Wildman–Crippen MR) is 104 cm³/mol. The molecule has 0 aliphatic rings. The van der Waals surface area contributed by atoms with Gasteiger partial charge in [-0.3, -0.25) is 20.4 Å². The molecule has 2 N–H and O–H groups in total. The maximum absolute atomic E-state index is 12.3. The molecule has 0 aliphatic heterocycles. The third-order valence-corrected chi connectivity index (χ3v) is 4.35. The normalized spacial score (nSPS) is 11.8. The van der Waals surface area contributed by atoms with Crippen LogP contribution in [0, 0.1) is 6.92 Å². The Morgan fingerprint density at radius 2 is 1.89 bits per heavy atom. The van der Waals surface area contributed by atoms with Gasteiger partial charge >= 0.3 is 5.91 Å². The minimum Gasteiger partial charge on any atom is -0.497 e. The van der Waals surface area contributed by atoms with Crippen LogP contribution in [0.15, 0.2) is 52.9 Å². The maximum Gasteiger partial charge on any atom is 0.305 e. The molecule has 0 aliphatic carbocycles. The summed E-state index contributed by atoms with van der Waals surface area (Å²) in [4.78, 5) is 24.5. The lowest BCUT2D eigenvalue weighted by atomic mass is 10.1. The van der Waals surface area contributed by atoms with Crippen molar-refractivity contribution < 1.29 is 23.5 Å². The summed E-state index contributed by atoms with van der Waals surface area (Å²) in [5.74, 6) is -0.120. The van der Waals surface area contributed by atoms with Crippen molar-refractivity contribution in [1.82, 2.24) is 10.9 Å². The number of methoxy groups -OCH3 is 1. The van der Waals surface area contributed by atoms with E-state index >= 15 is 0 Å². The average molecular weight is 382 g/mol. The van der Waals surface area contributed by atoms with Crippen LogP contribution in [0.25, 0.3) is 11.0 Å². The van der Waals surface area contributed by atoms with Gasteiger partial charge in [0.25, 0.3) is 5.91 Å². The molecule has 7 nitrogen and oxygen atoms in total. The van der Waals surface area contributed by atoms with E-state index in [0.717, 1.165) is 10.9 Å². The second kappa shape index (κ2) is 8.58. The Hall–Kier alpha value is -3.32. The Kier molecular flexibility index (Phi) is 5.96. The van der Waals surface area contributed by atoms with E-state index in [1.54, 1.807) is 27.0 Å². The van der Waals surface area contributed by atoms with E-state index in [4.69, 9.17) is 13.9 Å². The smallest absolute Gasteiger partial charge is 0.305 e. The molecule has 0 saturated carbocycles. The third-order valence-electron chi connectivity index (χ3n) is 4.35. The summed E-state index contributed by atoms with van der Waals surface area (Å²) in [5, 5.41) is 0.856. The van der Waals surface area contributed by atoms with Crippen molar-refractivity contribution in [2.75, 3.05) is 7.11 Å². The molecule has 1 unspecified atom stereocenters. The molecule has 1 heterocycles. The largest absolute Gasteiger partial charge is 0.497 e. The molecular formula is C21H22N2O5. The van der Waals surface area contributed by atoms with Crippen LogP contribution in [-0.2, 0) is 16.1 Å². The van der Waals surface area contributed by atoms with Crippen molar-refractivity contribution in [3.63, 3.8) is 0 Å². The molecule has 0 spiro atoms. The van der Waals surface area contributed by atoms with E-state index in [1.165, 1.54) is 0 Å². The number of aryl methyl sites for hydroxylation is 1. The molecular weight excluding hydrogens is 360 g/mol. The monoisotopic (exact) mass is 382 g/mol. The molecule has 0 fully saturated rings. The lowest BCUT2D eigenvalue weighted by molar-refractivity contribution is -0.133. The van der Waals surface area contributed by atoms with E-state index < -0.39 is 17.9 Å². The molecule has 1 atom stereocenters. The fourth-order valence-corrected chi connectivity index (χ4v) is 2.73. The van der Waals surface area contributed by atoms with Crippen LogP contribution < -0.4 is 15.6 Å². The van der Waals surface area contributed by atoms with Gasteiger partial charge in [0.05, 0.1) is 13.7 Å². The number of benzene rings is 2. The molecule has 146 valence electrons. The minimum absolute atomic E-state index is 0.159. The molecule has 1 aromatic heterocycles. The first-order valence-corrected chi connectivity index (χ1v) is 8.82. The highest BCUT2D eigenvalue weighted by Crippen LogP contribution is 2.24. The fraction of sp³-hybridized carbons (Fsp3) is 0.238. The first-order valence-electron chi connectivity index (χ1n) is 8.82. The number of hydrogen-bond acceptors (Lipinski definition) is 5. The summed E-state index contributed by atoms with van der Waals surface area (Å²) >= 11 is 0. The van der Waals surface area contributed by atoms with Gasteiger partial charge in [-0.1, -0.05) is 30.3 Å². The van der Waals surface area contributed by atoms with Crippen LogP contribution in [-0.4, -0.2) is 25.0 Å². The van der Waals surface area contributed by atoms with Crippen LogP contribution >= 0.6 is 0 Å². The van der Waals surface area contributed by atoms with E-state index in [1.807, 2.05) is 42.5 Å². The Labute approximate surface area is 162 Å². The van der Waals surface area contributed by atoms with Crippen molar-refractivity contribution in [1.29, 1.82) is 0 Å². The number of amides is 2. The Bertz CT molecular complexity index is 995. The van der Waals surface area contributed by atoms with Gasteiger partial charge in [-0.2, -0.15) is 0 Å². The molecule has 3 rings (SSSR count). The average Bonchev–Trinajstić information content (AvgIpc) is 3.07. The number of hydrogen-bond donors (Lipinski definition) is 2. The first-order chi connectivity index (χ1) is 13.5. The number of rotatable bonds is 6. The van der Waals surface area contributed by atoms with Crippen LogP contribution in [0.1, 0.15) is 28.6 Å². The van der Waals surface area contributed by atoms with Crippen LogP contribution in [0.4, 0.5) is 0 Å². The lowest BCUT2D eigenvalue weighted by Gasteiger charge is -2.14. The second-order valence-corrected chi connectivity index (χ2v) is 6.30. The molecule has 0 saturated heterocycles. The van der Waals surface area contributed by atoms with Crippen molar-refractivity contribution in [2.45, 2.75) is 26.6 Å². The van der Waals surface area contributed by atoms with Gasteiger partial charge < -0.3 is 13.9 Å². The Balaban J connectivity index is 1.53. The van der Waals surface area contributed by atoms with Gasteiger partial charge in [0.1, 0.15) is 17.4 Å². The molecule has 0 radical (unpaired) electrons. The van der Waals surface area contributed by atoms with Crippen LogP contribution in [0.5, 0.6) is 5.75 Å². The summed E-state index contributed by atoms with van der Waals surface area (Å²) in [7, 11) is 1.59. The Morgan fingerprint density at radius 1 is 1.11 bits per heavy atom. The summed E-state index contributed by atoms with van der Waals surface area (Å²) < 4.78 is 16.3. The zero-order valence-electron chi connectivity index (χ0n) is 15.9. The zero-order chi connectivity index (χ0) is 20.1. The number of para-hydroxylation sites is 1. The number of fused-ring (bicyclic) bond motifs is 1. The number of ether oxygens (including phenoxy) is 2. The number of carbonyl (C=O) groups is 2. The van der Waals surface area contributed by atoms with Crippen LogP contribution in [0.2, 0.25) is 0 Å². The van der Waals surface area contributed by atoms with Gasteiger partial charge in [0, 0.05) is 10.9 Å². The maximum atomic E-state index is 12.3. The highest BCUT2D eigenvalue weighted by Gasteiger charge is 2.19. The lowest BCUT2D eigenvalue weighted by Crippen LogP contribution is -2.46. The van der Waals surface area contributed by atoms with Crippen molar-refractivity contribution >= 4 is 22.8 Å². The summed E-state index contributed by atoms with van der Waals surface area (Å²) in [6.45, 7) is 3.64. The van der Waals surface area contributed by atoms with Gasteiger partial charge in [-0.15, -0.1) is 0 Å². The van der Waals surface area contributed by atoms with Gasteiger partial charge in [0.2, 0.25) is 0 Å². The minimum atomic E-state index is -0.761. The summed E-state index contributed by atoms with van der Waals surface area (Å²) in [6, 6.07) is 14.7. The highest BCUT2D eigenvalue weighted by atomic mass is 16.5. The van der Waals surface area contributed by atoms with Crippen molar-refractivity contribution in [3.8, 4) is 5.75 Å². The predicted octanol–water partition coefficient (Wildman–Crippen LogP) is 3.12. The van der Waals surface area contributed by atoms with Gasteiger partial charge in [-0.25, -0.2) is 0 Å². The molecule has 7 heteroatoms. The molecule has 2 aromatic carbocycles. The van der Waals surface area contributed by atoms with Crippen molar-refractivity contribution in [2.24, 2.45) is 0 Å².